The van der Waals surface area contributed by atoms with Gasteiger partial charge in [0.2, 0.25) is 9.84 Å². The summed E-state index contributed by atoms with van der Waals surface area (Å²) in [4.78, 5) is 7.73. The van der Waals surface area contributed by atoms with Gasteiger partial charge in [0.05, 0.1) is 0 Å². The Morgan fingerprint density at radius 2 is 1.67 bits per heavy atom. The van der Waals surface area contributed by atoms with E-state index in [4.69, 9.17) is 0 Å². The maximum absolute atomic E-state index is 13.7. The molecule has 0 saturated heterocycles. The minimum absolute atomic E-state index is 0.00143. The number of aryl methyl sites for hydroxylation is 1. The number of sulfone groups is 1. The number of benzene rings is 1. The zero-order valence-electron chi connectivity index (χ0n) is 13.6. The van der Waals surface area contributed by atoms with Crippen LogP contribution in [-0.4, -0.2) is 34.3 Å². The monoisotopic (exact) mass is 407 g/mol. The predicted octanol–water partition coefficient (Wildman–Crippen LogP) is 2.88. The summed E-state index contributed by atoms with van der Waals surface area (Å²) in [5.74, 6) is -3.73. The van der Waals surface area contributed by atoms with Gasteiger partial charge in [-0.2, -0.15) is 22.7 Å². The normalized spacial score (nSPS) is 12.6. The largest absolute Gasteiger partial charge is 0.422 e. The Morgan fingerprint density at radius 3 is 2.19 bits per heavy atom. The fraction of sp³-hybridized carbons (Fsp3) is 0.214. The van der Waals surface area contributed by atoms with Gasteiger partial charge in [-0.15, -0.1) is 5.10 Å². The number of halogens is 5. The van der Waals surface area contributed by atoms with Gasteiger partial charge < -0.3 is 5.32 Å². The van der Waals surface area contributed by atoms with E-state index < -0.39 is 38.4 Å². The number of alkyl halides is 3. The van der Waals surface area contributed by atoms with Gasteiger partial charge in [0.1, 0.15) is 23.0 Å². The third-order valence-electron chi connectivity index (χ3n) is 3.35. The lowest BCUT2D eigenvalue weighted by Crippen LogP contribution is -2.12. The van der Waals surface area contributed by atoms with Crippen molar-refractivity contribution in [3.8, 4) is 0 Å². The van der Waals surface area contributed by atoms with Crippen LogP contribution < -0.4 is 5.32 Å². The average molecular weight is 407 g/mol. The van der Waals surface area contributed by atoms with Gasteiger partial charge in [-0.1, -0.05) is 0 Å². The Labute approximate surface area is 148 Å². The number of aromatic nitrogens is 4. The molecule has 0 aliphatic heterocycles. The van der Waals surface area contributed by atoms with Gasteiger partial charge in [-0.05, 0) is 19.1 Å². The molecule has 0 bridgehead atoms. The third kappa shape index (κ3) is 3.67. The van der Waals surface area contributed by atoms with Crippen LogP contribution in [0.1, 0.15) is 11.3 Å². The fourth-order valence-electron chi connectivity index (χ4n) is 2.28. The van der Waals surface area contributed by atoms with Gasteiger partial charge in [-0.25, -0.2) is 22.2 Å². The second-order valence-corrected chi connectivity index (χ2v) is 7.51. The number of fused-ring (bicyclic) bond motifs is 1. The minimum atomic E-state index is -5.19. The third-order valence-corrected chi connectivity index (χ3v) is 4.19. The van der Waals surface area contributed by atoms with Gasteiger partial charge in [-0.3, -0.25) is 0 Å². The van der Waals surface area contributed by atoms with Gasteiger partial charge >= 0.3 is 6.18 Å². The van der Waals surface area contributed by atoms with Crippen LogP contribution in [0.2, 0.25) is 0 Å². The number of hydrogen-bond acceptors (Lipinski definition) is 6. The first-order valence-corrected chi connectivity index (χ1v) is 9.03. The minimum Gasteiger partial charge on any atom is -0.340 e. The molecule has 2 heterocycles. The molecule has 2 aromatic heterocycles. The zero-order valence-corrected chi connectivity index (χ0v) is 14.5. The van der Waals surface area contributed by atoms with Crippen molar-refractivity contribution >= 4 is 27.1 Å². The van der Waals surface area contributed by atoms with Crippen LogP contribution in [-0.2, 0) is 16.0 Å². The van der Waals surface area contributed by atoms with E-state index in [1.807, 2.05) is 0 Å². The molecule has 7 nitrogen and oxygen atoms in total. The van der Waals surface area contributed by atoms with E-state index in [2.05, 4.69) is 20.4 Å². The molecule has 0 fully saturated rings. The second kappa shape index (κ2) is 6.11. The molecule has 13 heteroatoms. The van der Waals surface area contributed by atoms with Crippen molar-refractivity contribution in [2.75, 3.05) is 11.6 Å². The lowest BCUT2D eigenvalue weighted by molar-refractivity contribution is -0.142. The first kappa shape index (κ1) is 18.9. The van der Waals surface area contributed by atoms with Gasteiger partial charge in [0, 0.05) is 23.7 Å². The highest BCUT2D eigenvalue weighted by molar-refractivity contribution is 7.90. The summed E-state index contributed by atoms with van der Waals surface area (Å²) in [6.45, 7) is 1.54. The van der Waals surface area contributed by atoms with Crippen LogP contribution in [0.3, 0.4) is 0 Å². The molecule has 0 unspecified atom stereocenters. The predicted molar refractivity (Wildman–Crippen MR) is 83.3 cm³/mol. The molecule has 1 N–H and O–H groups in total. The molecular formula is C14H10F5N5O2S. The van der Waals surface area contributed by atoms with E-state index in [0.717, 1.165) is 10.8 Å². The van der Waals surface area contributed by atoms with Crippen molar-refractivity contribution in [3.63, 3.8) is 0 Å². The van der Waals surface area contributed by atoms with E-state index >= 15 is 0 Å². The first-order valence-electron chi connectivity index (χ1n) is 7.14. The second-order valence-electron chi connectivity index (χ2n) is 5.60. The highest BCUT2D eigenvalue weighted by Gasteiger charge is 2.38. The standard InChI is InChI=1S/C14H10F5N5O2S/c1-6-3-10(24-12(20-6)22-13(23-24)27(2,25)26)21-7-4-8(15)11(9(16)5-7)14(17,18)19/h3-5,21H,1-2H3. The highest BCUT2D eigenvalue weighted by Crippen LogP contribution is 2.35. The number of anilines is 2. The molecule has 1 aromatic carbocycles. The molecule has 0 radical (unpaired) electrons. The summed E-state index contributed by atoms with van der Waals surface area (Å²) in [6, 6.07) is 2.27. The topological polar surface area (TPSA) is 89.2 Å². The molecule has 0 saturated carbocycles. The van der Waals surface area contributed by atoms with Crippen molar-refractivity contribution in [2.24, 2.45) is 0 Å². The smallest absolute Gasteiger partial charge is 0.340 e. The van der Waals surface area contributed by atoms with Gasteiger partial charge in [0.25, 0.3) is 10.9 Å². The van der Waals surface area contributed by atoms with Crippen LogP contribution in [0.15, 0.2) is 23.4 Å². The van der Waals surface area contributed by atoms with Crippen molar-refractivity contribution in [1.29, 1.82) is 0 Å². The lowest BCUT2D eigenvalue weighted by Gasteiger charge is -2.13. The molecule has 0 spiro atoms. The summed E-state index contributed by atoms with van der Waals surface area (Å²) in [7, 11) is -3.76. The molecule has 144 valence electrons. The van der Waals surface area contributed by atoms with Crippen LogP contribution >= 0.6 is 0 Å². The molecule has 3 aromatic rings. The fourth-order valence-corrected chi connectivity index (χ4v) is 2.76. The van der Waals surface area contributed by atoms with E-state index in [1.165, 1.54) is 13.0 Å². The van der Waals surface area contributed by atoms with Crippen molar-refractivity contribution < 1.29 is 30.4 Å². The van der Waals surface area contributed by atoms with Crippen LogP contribution in [0, 0.1) is 18.6 Å². The Hall–Kier alpha value is -2.83. The average Bonchev–Trinajstić information content (AvgIpc) is 2.88. The Bertz CT molecular complexity index is 1130. The summed E-state index contributed by atoms with van der Waals surface area (Å²) in [5, 5.41) is 5.71. The number of nitrogens with one attached hydrogen (secondary N) is 1. The summed E-state index contributed by atoms with van der Waals surface area (Å²) < 4.78 is 89.6. The number of rotatable bonds is 3. The molecule has 0 aliphatic carbocycles. The van der Waals surface area contributed by atoms with Crippen LogP contribution in [0.5, 0.6) is 0 Å². The molecular weight excluding hydrogens is 397 g/mol. The first-order chi connectivity index (χ1) is 12.4. The maximum atomic E-state index is 13.7. The van der Waals surface area contributed by atoms with E-state index in [0.29, 0.717) is 17.8 Å². The van der Waals surface area contributed by atoms with Crippen LogP contribution in [0.4, 0.5) is 33.5 Å². The molecule has 0 amide bonds. The Morgan fingerprint density at radius 1 is 1.07 bits per heavy atom. The quantitative estimate of drug-likeness (QED) is 0.672. The van der Waals surface area contributed by atoms with Crippen molar-refractivity contribution in [1.82, 2.24) is 19.6 Å². The zero-order chi connectivity index (χ0) is 20.1. The van der Waals surface area contributed by atoms with E-state index in [1.54, 1.807) is 0 Å². The Kier molecular flexibility index (Phi) is 4.29. The molecule has 0 atom stereocenters. The number of nitrogens with zero attached hydrogens (tertiary/aromatic N) is 4. The van der Waals surface area contributed by atoms with Crippen molar-refractivity contribution in [3.05, 3.63) is 41.1 Å². The summed E-state index contributed by atoms with van der Waals surface area (Å²) >= 11 is 0. The maximum Gasteiger partial charge on any atom is 0.422 e. The highest BCUT2D eigenvalue weighted by atomic mass is 32.2. The molecule has 0 aliphatic rings. The molecule has 27 heavy (non-hydrogen) atoms. The SMILES string of the molecule is Cc1cc(Nc2cc(F)c(C(F)(F)F)c(F)c2)n2nc(S(C)(=O)=O)nc2n1. The lowest BCUT2D eigenvalue weighted by atomic mass is 10.1. The Balaban J connectivity index is 2.11. The van der Waals surface area contributed by atoms with Crippen LogP contribution in [0.25, 0.3) is 5.78 Å². The van der Waals surface area contributed by atoms with E-state index in [9.17, 15) is 30.4 Å². The molecule has 3 rings (SSSR count). The number of hydrogen-bond donors (Lipinski definition) is 1. The van der Waals surface area contributed by atoms with E-state index in [-0.39, 0.29) is 17.3 Å². The van der Waals surface area contributed by atoms with Gasteiger partial charge in [0.15, 0.2) is 0 Å². The summed E-state index contributed by atoms with van der Waals surface area (Å²) in [6.07, 6.45) is -4.31. The summed E-state index contributed by atoms with van der Waals surface area (Å²) in [5.41, 5.74) is -2.00. The van der Waals surface area contributed by atoms with Crippen molar-refractivity contribution in [2.45, 2.75) is 18.3 Å².